The monoisotopic (exact) mass is 353 g/mol. The fourth-order valence-electron chi connectivity index (χ4n) is 3.31. The highest BCUT2D eigenvalue weighted by atomic mass is 16.5. The van der Waals surface area contributed by atoms with E-state index in [1.807, 2.05) is 48.5 Å². The highest BCUT2D eigenvalue weighted by molar-refractivity contribution is 5.86. The highest BCUT2D eigenvalue weighted by Crippen LogP contribution is 2.24. The molecule has 1 saturated heterocycles. The van der Waals surface area contributed by atoms with Crippen LogP contribution in [0.15, 0.2) is 54.7 Å². The molecule has 5 heteroatoms. The molecule has 1 aliphatic heterocycles. The first-order chi connectivity index (χ1) is 12.6. The number of hydrogen-bond donors (Lipinski definition) is 1. The minimum Gasteiger partial charge on any atom is -0.362 e. The van der Waals surface area contributed by atoms with Gasteiger partial charge < -0.3 is 10.1 Å². The summed E-state index contributed by atoms with van der Waals surface area (Å²) in [5.41, 5.74) is 1.03. The molecule has 1 amide bonds. The number of nitrogens with zero attached hydrogens (tertiary/aromatic N) is 2. The number of carbonyl (C=O) groups excluding carboxylic acids is 1. The molecule has 1 unspecified atom stereocenters. The maximum Gasteiger partial charge on any atom is 0.254 e. The number of ether oxygens (including phenoxy) is 1. The van der Waals surface area contributed by atoms with E-state index in [4.69, 9.17) is 4.74 Å². The van der Waals surface area contributed by atoms with Crippen LogP contribution in [0.2, 0.25) is 0 Å². The topological polar surface area (TPSA) is 54.5 Å². The molecule has 1 aromatic carbocycles. The zero-order valence-corrected chi connectivity index (χ0v) is 15.5. The molecule has 0 bridgehead atoms. The van der Waals surface area contributed by atoms with Gasteiger partial charge in [0, 0.05) is 44.0 Å². The Labute approximate surface area is 155 Å². The van der Waals surface area contributed by atoms with E-state index in [0.29, 0.717) is 32.2 Å². The van der Waals surface area contributed by atoms with Crippen LogP contribution in [0.4, 0.5) is 0 Å². The molecular weight excluding hydrogens is 326 g/mol. The fourth-order valence-corrected chi connectivity index (χ4v) is 3.31. The molecule has 1 N–H and O–H groups in total. The van der Waals surface area contributed by atoms with Crippen molar-refractivity contribution in [2.75, 3.05) is 19.7 Å². The number of carbonyl (C=O) groups is 1. The standard InChI is InChI=1S/C21H27N3O2/c1-17(2)24-12-13-26-21(16-24,14-19-10-6-7-11-22-19)20(25)23-15-18-8-4-3-5-9-18/h3-11,17H,12-16H2,1-2H3,(H,23,25). The lowest BCUT2D eigenvalue weighted by Crippen LogP contribution is -2.62. The number of amides is 1. The van der Waals surface area contributed by atoms with Crippen molar-refractivity contribution < 1.29 is 9.53 Å². The van der Waals surface area contributed by atoms with Crippen molar-refractivity contribution in [3.63, 3.8) is 0 Å². The molecule has 1 atom stereocenters. The maximum atomic E-state index is 13.2. The van der Waals surface area contributed by atoms with Gasteiger partial charge >= 0.3 is 0 Å². The van der Waals surface area contributed by atoms with E-state index in [1.165, 1.54) is 0 Å². The normalized spacial score (nSPS) is 20.9. The summed E-state index contributed by atoms with van der Waals surface area (Å²) >= 11 is 0. The molecular formula is C21H27N3O2. The summed E-state index contributed by atoms with van der Waals surface area (Å²) in [7, 11) is 0. The molecule has 5 nitrogen and oxygen atoms in total. The fraction of sp³-hybridized carbons (Fsp3) is 0.429. The summed E-state index contributed by atoms with van der Waals surface area (Å²) in [6, 6.07) is 16.1. The van der Waals surface area contributed by atoms with Crippen LogP contribution < -0.4 is 5.32 Å². The molecule has 1 aliphatic rings. The summed E-state index contributed by atoms with van der Waals surface area (Å²) in [6.07, 6.45) is 2.23. The van der Waals surface area contributed by atoms with E-state index in [0.717, 1.165) is 17.8 Å². The molecule has 0 aliphatic carbocycles. The lowest BCUT2D eigenvalue weighted by molar-refractivity contribution is -0.162. The number of hydrogen-bond acceptors (Lipinski definition) is 4. The molecule has 0 radical (unpaired) electrons. The third kappa shape index (κ3) is 4.48. The number of aromatic nitrogens is 1. The minimum absolute atomic E-state index is 0.0719. The van der Waals surface area contributed by atoms with E-state index in [9.17, 15) is 4.79 Å². The Morgan fingerprint density at radius 3 is 2.69 bits per heavy atom. The van der Waals surface area contributed by atoms with Crippen molar-refractivity contribution in [1.82, 2.24) is 15.2 Å². The molecule has 3 rings (SSSR count). The Kier molecular flexibility index (Phi) is 6.01. The summed E-state index contributed by atoms with van der Waals surface area (Å²) in [5.74, 6) is -0.0719. The summed E-state index contributed by atoms with van der Waals surface area (Å²) < 4.78 is 6.11. The smallest absolute Gasteiger partial charge is 0.254 e. The van der Waals surface area contributed by atoms with Crippen LogP contribution in [-0.4, -0.2) is 47.1 Å². The minimum atomic E-state index is -0.911. The van der Waals surface area contributed by atoms with E-state index in [-0.39, 0.29) is 5.91 Å². The molecule has 1 aromatic heterocycles. The first-order valence-corrected chi connectivity index (χ1v) is 9.19. The van der Waals surface area contributed by atoms with Crippen molar-refractivity contribution in [2.45, 2.75) is 38.5 Å². The van der Waals surface area contributed by atoms with E-state index in [2.05, 4.69) is 29.0 Å². The second-order valence-electron chi connectivity index (χ2n) is 7.07. The lowest BCUT2D eigenvalue weighted by Gasteiger charge is -2.43. The second-order valence-corrected chi connectivity index (χ2v) is 7.07. The number of morpholine rings is 1. The van der Waals surface area contributed by atoms with E-state index in [1.54, 1.807) is 6.20 Å². The Morgan fingerprint density at radius 1 is 1.23 bits per heavy atom. The van der Waals surface area contributed by atoms with Crippen molar-refractivity contribution in [3.05, 3.63) is 66.0 Å². The maximum absolute atomic E-state index is 13.2. The van der Waals surface area contributed by atoms with Crippen molar-refractivity contribution >= 4 is 5.91 Å². The first-order valence-electron chi connectivity index (χ1n) is 9.19. The SMILES string of the molecule is CC(C)N1CCOC(Cc2ccccn2)(C(=O)NCc2ccccc2)C1. The van der Waals surface area contributed by atoms with Crippen LogP contribution in [0.5, 0.6) is 0 Å². The zero-order chi connectivity index (χ0) is 18.4. The zero-order valence-electron chi connectivity index (χ0n) is 15.5. The summed E-state index contributed by atoms with van der Waals surface area (Å²) in [6.45, 7) is 6.76. The Balaban J connectivity index is 1.78. The van der Waals surface area contributed by atoms with E-state index >= 15 is 0 Å². The average Bonchev–Trinajstić information content (AvgIpc) is 2.68. The molecule has 26 heavy (non-hydrogen) atoms. The molecule has 0 spiro atoms. The quantitative estimate of drug-likeness (QED) is 0.867. The Hall–Kier alpha value is -2.24. The number of pyridine rings is 1. The van der Waals surface area contributed by atoms with Gasteiger partial charge in [-0.1, -0.05) is 36.4 Å². The van der Waals surface area contributed by atoms with Crippen LogP contribution >= 0.6 is 0 Å². The van der Waals surface area contributed by atoms with Crippen LogP contribution in [-0.2, 0) is 22.5 Å². The largest absolute Gasteiger partial charge is 0.362 e. The second kappa shape index (κ2) is 8.43. The highest BCUT2D eigenvalue weighted by Gasteiger charge is 2.44. The number of benzene rings is 1. The molecule has 2 aromatic rings. The molecule has 2 heterocycles. The van der Waals surface area contributed by atoms with Gasteiger partial charge in [-0.3, -0.25) is 14.7 Å². The van der Waals surface area contributed by atoms with Gasteiger partial charge in [0.2, 0.25) is 0 Å². The van der Waals surface area contributed by atoms with Crippen LogP contribution in [0.25, 0.3) is 0 Å². The predicted molar refractivity (Wildman–Crippen MR) is 102 cm³/mol. The van der Waals surface area contributed by atoms with Crippen LogP contribution in [0.1, 0.15) is 25.1 Å². The van der Waals surface area contributed by atoms with Gasteiger partial charge in [-0.05, 0) is 31.5 Å². The third-order valence-electron chi connectivity index (χ3n) is 4.85. The van der Waals surface area contributed by atoms with Gasteiger partial charge in [-0.2, -0.15) is 0 Å². The van der Waals surface area contributed by atoms with Gasteiger partial charge in [0.05, 0.1) is 6.61 Å². The summed E-state index contributed by atoms with van der Waals surface area (Å²) in [4.78, 5) is 19.9. The van der Waals surface area contributed by atoms with Crippen molar-refractivity contribution in [1.29, 1.82) is 0 Å². The van der Waals surface area contributed by atoms with Crippen molar-refractivity contribution in [3.8, 4) is 0 Å². The van der Waals surface area contributed by atoms with Crippen LogP contribution in [0, 0.1) is 0 Å². The number of rotatable bonds is 6. The third-order valence-corrected chi connectivity index (χ3v) is 4.85. The van der Waals surface area contributed by atoms with Gasteiger partial charge in [-0.25, -0.2) is 0 Å². The van der Waals surface area contributed by atoms with Crippen molar-refractivity contribution in [2.24, 2.45) is 0 Å². The van der Waals surface area contributed by atoms with Crippen LogP contribution in [0.3, 0.4) is 0 Å². The van der Waals surface area contributed by atoms with Gasteiger partial charge in [0.15, 0.2) is 5.60 Å². The predicted octanol–water partition coefficient (Wildman–Crippen LogP) is 2.42. The molecule has 1 fully saturated rings. The first kappa shape index (κ1) is 18.5. The van der Waals surface area contributed by atoms with Gasteiger partial charge in [0.1, 0.15) is 0 Å². The van der Waals surface area contributed by atoms with E-state index < -0.39 is 5.60 Å². The number of nitrogens with one attached hydrogen (secondary N) is 1. The summed E-state index contributed by atoms with van der Waals surface area (Å²) in [5, 5.41) is 3.07. The Morgan fingerprint density at radius 2 is 2.00 bits per heavy atom. The Bertz CT molecular complexity index is 706. The average molecular weight is 353 g/mol. The lowest BCUT2D eigenvalue weighted by atomic mass is 9.92. The molecule has 0 saturated carbocycles. The van der Waals surface area contributed by atoms with Gasteiger partial charge in [-0.15, -0.1) is 0 Å². The molecule has 138 valence electrons. The van der Waals surface area contributed by atoms with Gasteiger partial charge in [0.25, 0.3) is 5.91 Å².